The van der Waals surface area contributed by atoms with Crippen molar-refractivity contribution in [3.8, 4) is 0 Å². The lowest BCUT2D eigenvalue weighted by atomic mass is 9.34. The Morgan fingerprint density at radius 2 is 1.71 bits per heavy atom. The van der Waals surface area contributed by atoms with Crippen molar-refractivity contribution in [2.24, 2.45) is 50.7 Å². The summed E-state index contributed by atoms with van der Waals surface area (Å²) in [5.41, 5.74) is 1.32. The van der Waals surface area contributed by atoms with Crippen LogP contribution in [0.15, 0.2) is 11.6 Å². The van der Waals surface area contributed by atoms with Gasteiger partial charge in [0.1, 0.15) is 0 Å². The summed E-state index contributed by atoms with van der Waals surface area (Å²) in [6, 6.07) is 0. The molecule has 0 radical (unpaired) electrons. The number of allylic oxidation sites excluding steroid dienone is 2. The van der Waals surface area contributed by atoms with Gasteiger partial charge in [-0.1, -0.05) is 79.9 Å². The Hall–Kier alpha value is -0.830. The number of aliphatic carboxylic acids is 1. The highest BCUT2D eigenvalue weighted by Crippen LogP contribution is 2.75. The van der Waals surface area contributed by atoms with Crippen LogP contribution >= 0.6 is 0 Å². The first-order valence-electron chi connectivity index (χ1n) is 14.3. The number of carboxylic acids is 1. The SMILES string of the molecule is CCCC[C@]1(C(=O)O)CC[C@]2(C)C(=CCC3[C@@]4(C)CC[C@H](O)C(C)(C)C4CC[C@]32C)C1C(C)C. The molecule has 4 aliphatic rings. The van der Waals surface area contributed by atoms with E-state index in [4.69, 9.17) is 0 Å². The van der Waals surface area contributed by atoms with Crippen LogP contribution in [0.4, 0.5) is 0 Å². The monoisotopic (exact) mass is 472 g/mol. The van der Waals surface area contributed by atoms with Gasteiger partial charge < -0.3 is 10.2 Å². The fourth-order valence-electron chi connectivity index (χ4n) is 10.5. The summed E-state index contributed by atoms with van der Waals surface area (Å²) >= 11 is 0. The van der Waals surface area contributed by atoms with Crippen LogP contribution in [0.3, 0.4) is 0 Å². The Morgan fingerprint density at radius 3 is 2.29 bits per heavy atom. The lowest BCUT2D eigenvalue weighted by Crippen LogP contribution is -2.64. The third-order valence-electron chi connectivity index (χ3n) is 12.6. The summed E-state index contributed by atoms with van der Waals surface area (Å²) in [5.74, 6) is 1.04. The number of hydrogen-bond donors (Lipinski definition) is 2. The Bertz CT molecular complexity index is 842. The molecule has 8 atom stereocenters. The maximum absolute atomic E-state index is 12.9. The normalized spacial score (nSPS) is 47.9. The predicted molar refractivity (Wildman–Crippen MR) is 139 cm³/mol. The summed E-state index contributed by atoms with van der Waals surface area (Å²) in [6.07, 6.45) is 12.5. The smallest absolute Gasteiger partial charge is 0.310 e. The quantitative estimate of drug-likeness (QED) is 0.400. The van der Waals surface area contributed by atoms with Gasteiger partial charge in [0.05, 0.1) is 11.5 Å². The van der Waals surface area contributed by atoms with E-state index in [1.807, 2.05) is 0 Å². The van der Waals surface area contributed by atoms with Crippen LogP contribution in [0.25, 0.3) is 0 Å². The van der Waals surface area contributed by atoms with Gasteiger partial charge in [0.15, 0.2) is 0 Å². The molecular formula is C31H52O3. The zero-order valence-corrected chi connectivity index (χ0v) is 23.3. The molecule has 3 saturated carbocycles. The van der Waals surface area contributed by atoms with E-state index in [1.54, 1.807) is 0 Å². The average molecular weight is 473 g/mol. The van der Waals surface area contributed by atoms with E-state index in [9.17, 15) is 15.0 Å². The predicted octanol–water partition coefficient (Wildman–Crippen LogP) is 7.87. The molecule has 3 fully saturated rings. The standard InChI is InChI=1S/C31H52O3/c1-9-10-15-31(26(33)34)19-18-29(7)21(25(31)20(2)3)11-12-23-28(6)16-14-24(32)27(4,5)22(28)13-17-30(23,29)8/h11,20,22-25,32H,9-10,12-19H2,1-8H3,(H,33,34)/t22?,23?,24-,25?,28-,29+,30+,31-/m0/s1. The van der Waals surface area contributed by atoms with E-state index in [2.05, 4.69) is 61.5 Å². The van der Waals surface area contributed by atoms with Gasteiger partial charge in [-0.05, 0) is 96.7 Å². The van der Waals surface area contributed by atoms with Gasteiger partial charge in [-0.15, -0.1) is 0 Å². The highest BCUT2D eigenvalue weighted by Gasteiger charge is 2.68. The summed E-state index contributed by atoms with van der Waals surface area (Å²) in [7, 11) is 0. The van der Waals surface area contributed by atoms with Crippen molar-refractivity contribution in [2.45, 2.75) is 126 Å². The van der Waals surface area contributed by atoms with Gasteiger partial charge >= 0.3 is 5.97 Å². The highest BCUT2D eigenvalue weighted by atomic mass is 16.4. The zero-order valence-electron chi connectivity index (χ0n) is 23.3. The average Bonchev–Trinajstić information content (AvgIpc) is 2.75. The van der Waals surface area contributed by atoms with Crippen molar-refractivity contribution in [1.29, 1.82) is 0 Å². The summed E-state index contributed by atoms with van der Waals surface area (Å²) < 4.78 is 0. The molecular weight excluding hydrogens is 420 g/mol. The Morgan fingerprint density at radius 1 is 1.03 bits per heavy atom. The fraction of sp³-hybridized carbons (Fsp3) is 0.903. The number of aliphatic hydroxyl groups excluding tert-OH is 1. The minimum atomic E-state index is -0.614. The summed E-state index contributed by atoms with van der Waals surface area (Å²) in [4.78, 5) is 12.9. The first-order chi connectivity index (χ1) is 15.7. The molecule has 3 heteroatoms. The molecule has 0 spiro atoms. The molecule has 0 amide bonds. The molecule has 3 unspecified atom stereocenters. The minimum absolute atomic E-state index is 0.0368. The van der Waals surface area contributed by atoms with Crippen molar-refractivity contribution in [2.75, 3.05) is 0 Å². The van der Waals surface area contributed by atoms with Crippen LogP contribution in [-0.2, 0) is 4.79 Å². The number of carbonyl (C=O) groups is 1. The molecule has 0 aromatic heterocycles. The molecule has 194 valence electrons. The van der Waals surface area contributed by atoms with Crippen molar-refractivity contribution in [1.82, 2.24) is 0 Å². The van der Waals surface area contributed by atoms with Crippen LogP contribution in [-0.4, -0.2) is 22.3 Å². The molecule has 4 aliphatic carbocycles. The van der Waals surface area contributed by atoms with Crippen LogP contribution in [0, 0.1) is 50.7 Å². The van der Waals surface area contributed by atoms with Crippen molar-refractivity contribution in [3.63, 3.8) is 0 Å². The maximum Gasteiger partial charge on any atom is 0.310 e. The van der Waals surface area contributed by atoms with Crippen molar-refractivity contribution < 1.29 is 15.0 Å². The molecule has 0 heterocycles. The molecule has 2 N–H and O–H groups in total. The summed E-state index contributed by atoms with van der Waals surface area (Å²) in [6.45, 7) is 18.9. The molecule has 3 nitrogen and oxygen atoms in total. The van der Waals surface area contributed by atoms with Gasteiger partial charge in [-0.2, -0.15) is 0 Å². The van der Waals surface area contributed by atoms with Gasteiger partial charge in [-0.25, -0.2) is 0 Å². The number of carboxylic acid groups (broad SMARTS) is 1. The molecule has 0 aliphatic heterocycles. The lowest BCUT2D eigenvalue weighted by molar-refractivity contribution is -0.204. The van der Waals surface area contributed by atoms with E-state index >= 15 is 0 Å². The van der Waals surface area contributed by atoms with Gasteiger partial charge in [0, 0.05) is 0 Å². The van der Waals surface area contributed by atoms with E-state index in [0.717, 1.165) is 51.4 Å². The second kappa shape index (κ2) is 8.35. The highest BCUT2D eigenvalue weighted by molar-refractivity contribution is 5.76. The van der Waals surface area contributed by atoms with E-state index in [0.29, 0.717) is 17.8 Å². The fourth-order valence-corrected chi connectivity index (χ4v) is 10.5. The number of unbranched alkanes of at least 4 members (excludes halogenated alkanes) is 1. The zero-order chi connectivity index (χ0) is 25.3. The van der Waals surface area contributed by atoms with E-state index in [1.165, 1.54) is 18.4 Å². The number of rotatable bonds is 5. The first-order valence-corrected chi connectivity index (χ1v) is 14.3. The minimum Gasteiger partial charge on any atom is -0.481 e. The maximum atomic E-state index is 12.9. The largest absolute Gasteiger partial charge is 0.481 e. The Labute approximate surface area is 209 Å². The van der Waals surface area contributed by atoms with Crippen molar-refractivity contribution >= 4 is 5.97 Å². The van der Waals surface area contributed by atoms with Gasteiger partial charge in [0.2, 0.25) is 0 Å². The van der Waals surface area contributed by atoms with Crippen LogP contribution < -0.4 is 0 Å². The lowest BCUT2D eigenvalue weighted by Gasteiger charge is -2.70. The molecule has 0 aromatic carbocycles. The van der Waals surface area contributed by atoms with E-state index in [-0.39, 0.29) is 33.7 Å². The third-order valence-corrected chi connectivity index (χ3v) is 12.6. The molecule has 34 heavy (non-hydrogen) atoms. The first kappa shape index (κ1) is 26.2. The number of aliphatic hydroxyl groups is 1. The summed E-state index contributed by atoms with van der Waals surface area (Å²) in [5, 5.41) is 21.5. The van der Waals surface area contributed by atoms with E-state index < -0.39 is 11.4 Å². The third kappa shape index (κ3) is 3.27. The van der Waals surface area contributed by atoms with Crippen LogP contribution in [0.1, 0.15) is 120 Å². The van der Waals surface area contributed by atoms with Crippen LogP contribution in [0.2, 0.25) is 0 Å². The molecule has 0 saturated heterocycles. The number of hydrogen-bond acceptors (Lipinski definition) is 2. The molecule has 4 rings (SSSR count). The van der Waals surface area contributed by atoms with Gasteiger partial charge in [-0.3, -0.25) is 4.79 Å². The van der Waals surface area contributed by atoms with Crippen molar-refractivity contribution in [3.05, 3.63) is 11.6 Å². The Kier molecular flexibility index (Phi) is 6.45. The molecule has 0 aromatic rings. The number of fused-ring (bicyclic) bond motifs is 5. The Balaban J connectivity index is 1.81. The second-order valence-electron chi connectivity index (χ2n) is 14.5. The van der Waals surface area contributed by atoms with Crippen LogP contribution in [0.5, 0.6) is 0 Å². The topological polar surface area (TPSA) is 57.5 Å². The second-order valence-corrected chi connectivity index (χ2v) is 14.5. The molecule has 0 bridgehead atoms. The van der Waals surface area contributed by atoms with Gasteiger partial charge in [0.25, 0.3) is 0 Å².